The van der Waals surface area contributed by atoms with E-state index in [2.05, 4.69) is 0 Å². The average molecular weight is 411 g/mol. The molecule has 28 heavy (non-hydrogen) atoms. The Hall–Kier alpha value is -2.18. The number of fused-ring (bicyclic) bond motifs is 3. The lowest BCUT2D eigenvalue weighted by Crippen LogP contribution is -2.23. The summed E-state index contributed by atoms with van der Waals surface area (Å²) in [6.45, 7) is 2.42. The first kappa shape index (κ1) is 19.2. The molecule has 144 valence electrons. The van der Waals surface area contributed by atoms with Crippen molar-refractivity contribution in [3.8, 4) is 0 Å². The van der Waals surface area contributed by atoms with Crippen molar-refractivity contribution < 1.29 is 4.79 Å². The van der Waals surface area contributed by atoms with Crippen LogP contribution in [0.1, 0.15) is 40.6 Å². The van der Waals surface area contributed by atoms with E-state index < -0.39 is 0 Å². The zero-order valence-corrected chi connectivity index (χ0v) is 17.4. The Morgan fingerprint density at radius 3 is 2.82 bits per heavy atom. The van der Waals surface area contributed by atoms with E-state index in [1.165, 1.54) is 28.6 Å². The Balaban J connectivity index is 1.72. The third-order valence-electron chi connectivity index (χ3n) is 4.99. The van der Waals surface area contributed by atoms with Crippen LogP contribution in [0.2, 0.25) is 0 Å². The lowest BCUT2D eigenvalue weighted by atomic mass is 9.97. The van der Waals surface area contributed by atoms with Crippen molar-refractivity contribution >= 4 is 39.1 Å². The van der Waals surface area contributed by atoms with Crippen molar-refractivity contribution in [3.63, 3.8) is 0 Å². The molecule has 0 spiro atoms. The molecule has 0 radical (unpaired) electrons. The number of hydrogen-bond donors (Lipinski definition) is 0. The average Bonchev–Trinajstić information content (AvgIpc) is 3.10. The van der Waals surface area contributed by atoms with Crippen LogP contribution < -0.4 is 5.56 Å². The highest BCUT2D eigenvalue weighted by Gasteiger charge is 2.22. The van der Waals surface area contributed by atoms with Crippen LogP contribution in [0.4, 0.5) is 0 Å². The highest BCUT2D eigenvalue weighted by Crippen LogP contribution is 2.34. The molecule has 1 aliphatic rings. The van der Waals surface area contributed by atoms with Gasteiger partial charge in [-0.15, -0.1) is 11.3 Å². The molecule has 2 heterocycles. The van der Waals surface area contributed by atoms with Crippen LogP contribution in [0.25, 0.3) is 10.2 Å². The minimum atomic E-state index is 0.0251. The normalized spacial score (nSPS) is 13.9. The fourth-order valence-corrected chi connectivity index (χ4v) is 5.74. The lowest BCUT2D eigenvalue weighted by molar-refractivity contribution is 0.102. The summed E-state index contributed by atoms with van der Waals surface area (Å²) in [5.74, 6) is 0.311. The molecule has 0 fully saturated rings. The number of ketones is 1. The molecule has 0 aliphatic heterocycles. The molecule has 0 N–H and O–H groups in total. The van der Waals surface area contributed by atoms with Crippen molar-refractivity contribution in [1.29, 1.82) is 0 Å². The molecule has 0 unspecified atom stereocenters. The molecule has 4 rings (SSSR count). The summed E-state index contributed by atoms with van der Waals surface area (Å²) >= 11 is 3.00. The minimum Gasteiger partial charge on any atom is -0.293 e. The number of aromatic nitrogens is 2. The summed E-state index contributed by atoms with van der Waals surface area (Å²) in [5.41, 5.74) is 1.91. The maximum absolute atomic E-state index is 13.3. The van der Waals surface area contributed by atoms with Crippen LogP contribution in [0.15, 0.2) is 52.4 Å². The fourth-order valence-electron chi connectivity index (χ4n) is 3.54. The predicted molar refractivity (Wildman–Crippen MR) is 117 cm³/mol. The van der Waals surface area contributed by atoms with E-state index in [-0.39, 0.29) is 17.1 Å². The zero-order valence-electron chi connectivity index (χ0n) is 15.8. The summed E-state index contributed by atoms with van der Waals surface area (Å²) < 4.78 is 1.72. The molecule has 1 aliphatic carbocycles. The number of thiophene rings is 1. The second kappa shape index (κ2) is 8.45. The van der Waals surface area contributed by atoms with Crippen molar-refractivity contribution in [2.45, 2.75) is 44.3 Å². The molecule has 2 aromatic heterocycles. The first-order valence-electron chi connectivity index (χ1n) is 9.56. The third kappa shape index (κ3) is 3.71. The molecule has 0 bridgehead atoms. The smallest absolute Gasteiger partial charge is 0.263 e. The number of benzene rings is 1. The van der Waals surface area contributed by atoms with Crippen LogP contribution >= 0.6 is 23.1 Å². The number of allylic oxidation sites excluding steroid dienone is 2. The van der Waals surface area contributed by atoms with Crippen molar-refractivity contribution in [2.75, 3.05) is 5.75 Å². The van der Waals surface area contributed by atoms with E-state index in [4.69, 9.17) is 4.98 Å². The topological polar surface area (TPSA) is 52.0 Å². The molecule has 4 nitrogen and oxygen atoms in total. The number of carbonyl (C=O) groups is 1. The van der Waals surface area contributed by atoms with Gasteiger partial charge >= 0.3 is 0 Å². The monoisotopic (exact) mass is 410 g/mol. The van der Waals surface area contributed by atoms with Gasteiger partial charge in [0.25, 0.3) is 5.56 Å². The van der Waals surface area contributed by atoms with Crippen LogP contribution in [-0.4, -0.2) is 21.1 Å². The highest BCUT2D eigenvalue weighted by molar-refractivity contribution is 7.99. The van der Waals surface area contributed by atoms with Gasteiger partial charge in [0, 0.05) is 17.0 Å². The number of rotatable bonds is 6. The fraction of sp³-hybridized carbons (Fsp3) is 0.318. The molecule has 0 saturated heterocycles. The first-order chi connectivity index (χ1) is 13.7. The molecule has 6 heteroatoms. The molecular weight excluding hydrogens is 388 g/mol. The predicted octanol–water partition coefficient (Wildman–Crippen LogP) is 4.89. The number of Topliss-reactive ketones (excluding diaryl/α,β-unsaturated/α-hetero) is 1. The van der Waals surface area contributed by atoms with Gasteiger partial charge in [-0.1, -0.05) is 54.2 Å². The number of thioether (sulfide) groups is 1. The number of carbonyl (C=O) groups excluding carboxylic acids is 1. The van der Waals surface area contributed by atoms with E-state index in [1.54, 1.807) is 15.9 Å². The van der Waals surface area contributed by atoms with Gasteiger partial charge in [0.1, 0.15) is 4.83 Å². The summed E-state index contributed by atoms with van der Waals surface area (Å²) in [4.78, 5) is 32.8. The van der Waals surface area contributed by atoms with Crippen LogP contribution in [0, 0.1) is 0 Å². The van der Waals surface area contributed by atoms with Crippen molar-refractivity contribution in [2.24, 2.45) is 0 Å². The quantitative estimate of drug-likeness (QED) is 0.251. The van der Waals surface area contributed by atoms with Gasteiger partial charge in [0.05, 0.1) is 11.1 Å². The first-order valence-corrected chi connectivity index (χ1v) is 11.4. The van der Waals surface area contributed by atoms with E-state index in [9.17, 15) is 9.59 Å². The maximum Gasteiger partial charge on any atom is 0.263 e. The SMILES string of the molecule is C/C=C/Cn1c(SCC(=O)c2ccccc2)nc2sc3c(c2c1=O)CCCC3. The van der Waals surface area contributed by atoms with Gasteiger partial charge in [0.2, 0.25) is 0 Å². The van der Waals surface area contributed by atoms with E-state index >= 15 is 0 Å². The Kier molecular flexibility index (Phi) is 5.78. The summed E-state index contributed by atoms with van der Waals surface area (Å²) in [7, 11) is 0. The standard InChI is InChI=1S/C22H22N2O2S2/c1-2-3-13-24-21(26)19-16-11-7-8-12-18(16)28-20(19)23-22(24)27-14-17(25)15-9-5-4-6-10-15/h2-6,9-10H,7-8,11-14H2,1H3/b3-2+. The Bertz CT molecular complexity index is 1100. The zero-order chi connectivity index (χ0) is 19.5. The summed E-state index contributed by atoms with van der Waals surface area (Å²) in [6, 6.07) is 9.26. The minimum absolute atomic E-state index is 0.0251. The number of aryl methyl sites for hydroxylation is 2. The van der Waals surface area contributed by atoms with Gasteiger partial charge in [-0.3, -0.25) is 14.2 Å². The van der Waals surface area contributed by atoms with E-state index in [1.807, 2.05) is 49.4 Å². The van der Waals surface area contributed by atoms with Crippen LogP contribution in [-0.2, 0) is 19.4 Å². The lowest BCUT2D eigenvalue weighted by Gasteiger charge is -2.12. The van der Waals surface area contributed by atoms with Gasteiger partial charge in [-0.2, -0.15) is 0 Å². The van der Waals surface area contributed by atoms with Crippen LogP contribution in [0.5, 0.6) is 0 Å². The highest BCUT2D eigenvalue weighted by atomic mass is 32.2. The maximum atomic E-state index is 13.3. The van der Waals surface area contributed by atoms with Crippen LogP contribution in [0.3, 0.4) is 0 Å². The Labute approximate surface area is 172 Å². The van der Waals surface area contributed by atoms with Gasteiger partial charge < -0.3 is 0 Å². The van der Waals surface area contributed by atoms with E-state index in [0.717, 1.165) is 29.5 Å². The van der Waals surface area contributed by atoms with Crippen molar-refractivity contribution in [1.82, 2.24) is 9.55 Å². The van der Waals surface area contributed by atoms with Gasteiger partial charge in [0.15, 0.2) is 10.9 Å². The second-order valence-corrected chi connectivity index (χ2v) is 8.87. The summed E-state index contributed by atoms with van der Waals surface area (Å²) in [5, 5.41) is 1.42. The van der Waals surface area contributed by atoms with E-state index in [0.29, 0.717) is 17.3 Å². The second-order valence-electron chi connectivity index (χ2n) is 6.85. The Morgan fingerprint density at radius 2 is 2.04 bits per heavy atom. The largest absolute Gasteiger partial charge is 0.293 e. The molecular formula is C22H22N2O2S2. The molecule has 0 atom stereocenters. The Morgan fingerprint density at radius 1 is 1.25 bits per heavy atom. The molecule has 1 aromatic carbocycles. The number of hydrogen-bond acceptors (Lipinski definition) is 5. The molecule has 3 aromatic rings. The molecule has 0 amide bonds. The number of nitrogens with zero attached hydrogens (tertiary/aromatic N) is 2. The van der Waals surface area contributed by atoms with Gasteiger partial charge in [-0.05, 0) is 38.2 Å². The summed E-state index contributed by atoms with van der Waals surface area (Å²) in [6.07, 6.45) is 8.21. The van der Waals surface area contributed by atoms with Gasteiger partial charge in [-0.25, -0.2) is 4.98 Å². The van der Waals surface area contributed by atoms with Crippen molar-refractivity contribution in [3.05, 3.63) is 68.8 Å². The molecule has 0 saturated carbocycles. The third-order valence-corrected chi connectivity index (χ3v) is 7.15.